The lowest BCUT2D eigenvalue weighted by Crippen LogP contribution is -2.18. The van der Waals surface area contributed by atoms with Gasteiger partial charge in [0.05, 0.1) is 24.7 Å². The Hall–Kier alpha value is -2.02. The van der Waals surface area contributed by atoms with E-state index in [0.29, 0.717) is 18.4 Å². The second kappa shape index (κ2) is 6.17. The predicted octanol–water partition coefficient (Wildman–Crippen LogP) is 2.02. The number of anilines is 1. The average Bonchev–Trinajstić information content (AvgIpc) is 3.15. The number of aryl methyl sites for hydroxylation is 1. The molecule has 0 amide bonds. The number of halogens is 1. The Balaban J connectivity index is 1.62. The number of nitrogens with zero attached hydrogens (tertiary/aromatic N) is 4. The first-order chi connectivity index (χ1) is 10.3. The van der Waals surface area contributed by atoms with Crippen LogP contribution in [0.25, 0.3) is 0 Å². The summed E-state index contributed by atoms with van der Waals surface area (Å²) < 4.78 is 20.5. The van der Waals surface area contributed by atoms with Crippen molar-refractivity contribution in [2.45, 2.75) is 26.0 Å². The zero-order chi connectivity index (χ0) is 14.7. The third-order valence-electron chi connectivity index (χ3n) is 3.66. The number of hydrogen-bond donors (Lipinski definition) is 1. The maximum absolute atomic E-state index is 12.8. The Morgan fingerprint density at radius 1 is 1.38 bits per heavy atom. The van der Waals surface area contributed by atoms with Crippen LogP contribution in [0.4, 0.5) is 10.3 Å². The maximum atomic E-state index is 12.8. The van der Waals surface area contributed by atoms with E-state index in [9.17, 15) is 4.39 Å². The van der Waals surface area contributed by atoms with Crippen LogP contribution in [0.2, 0.25) is 0 Å². The highest BCUT2D eigenvalue weighted by Crippen LogP contribution is 2.34. The molecule has 0 unspecified atom stereocenters. The fourth-order valence-electron chi connectivity index (χ4n) is 2.54. The standard InChI is InChI=1S/C14H18FN5O/c1-2-20-9-11(6-19-20)13-10(3-4-21-13)5-16-14-17-7-12(15)8-18-14/h6-10,13H,2-5H2,1H3,(H,16,17,18)/t10-,13+/m0/s1. The lowest BCUT2D eigenvalue weighted by Gasteiger charge is -2.17. The summed E-state index contributed by atoms with van der Waals surface area (Å²) in [5, 5.41) is 7.43. The van der Waals surface area contributed by atoms with Crippen LogP contribution in [0, 0.1) is 11.7 Å². The summed E-state index contributed by atoms with van der Waals surface area (Å²) in [6.45, 7) is 4.32. The lowest BCUT2D eigenvalue weighted by atomic mass is 9.97. The molecule has 1 fully saturated rings. The number of ether oxygens (including phenoxy) is 1. The SMILES string of the molecule is CCn1cc([C@@H]2OCC[C@H]2CNc2ncc(F)cn2)cn1. The third kappa shape index (κ3) is 3.18. The van der Waals surface area contributed by atoms with Crippen LogP contribution in [-0.2, 0) is 11.3 Å². The molecule has 1 N–H and O–H groups in total. The third-order valence-corrected chi connectivity index (χ3v) is 3.66. The molecule has 2 aromatic rings. The van der Waals surface area contributed by atoms with E-state index >= 15 is 0 Å². The molecule has 2 aromatic heterocycles. The largest absolute Gasteiger partial charge is 0.373 e. The molecule has 6 nitrogen and oxygen atoms in total. The minimum absolute atomic E-state index is 0.0400. The first-order valence-electron chi connectivity index (χ1n) is 7.11. The fraction of sp³-hybridized carbons (Fsp3) is 0.500. The first-order valence-corrected chi connectivity index (χ1v) is 7.11. The highest BCUT2D eigenvalue weighted by molar-refractivity contribution is 5.23. The van der Waals surface area contributed by atoms with Crippen molar-refractivity contribution >= 4 is 5.95 Å². The van der Waals surface area contributed by atoms with E-state index in [0.717, 1.165) is 37.5 Å². The highest BCUT2D eigenvalue weighted by atomic mass is 19.1. The fourth-order valence-corrected chi connectivity index (χ4v) is 2.54. The minimum Gasteiger partial charge on any atom is -0.373 e. The maximum Gasteiger partial charge on any atom is 0.222 e. The summed E-state index contributed by atoms with van der Waals surface area (Å²) in [5.41, 5.74) is 1.10. The quantitative estimate of drug-likeness (QED) is 0.913. The summed E-state index contributed by atoms with van der Waals surface area (Å²) in [6, 6.07) is 0. The number of aromatic nitrogens is 4. The van der Waals surface area contributed by atoms with E-state index in [4.69, 9.17) is 4.74 Å². The van der Waals surface area contributed by atoms with Crippen LogP contribution in [0.1, 0.15) is 25.0 Å². The second-order valence-electron chi connectivity index (χ2n) is 5.08. The molecule has 0 bridgehead atoms. The molecule has 1 aliphatic rings. The molecule has 0 spiro atoms. The van der Waals surface area contributed by atoms with Gasteiger partial charge in [-0.05, 0) is 13.3 Å². The number of rotatable bonds is 5. The van der Waals surface area contributed by atoms with Gasteiger partial charge in [0.2, 0.25) is 5.95 Å². The van der Waals surface area contributed by atoms with E-state index in [1.54, 1.807) is 0 Å². The molecule has 3 rings (SSSR count). The minimum atomic E-state index is -0.436. The second-order valence-corrected chi connectivity index (χ2v) is 5.08. The summed E-state index contributed by atoms with van der Waals surface area (Å²) in [4.78, 5) is 7.80. The molecule has 1 saturated heterocycles. The molecule has 0 radical (unpaired) electrons. The summed E-state index contributed by atoms with van der Waals surface area (Å²) in [7, 11) is 0. The smallest absolute Gasteiger partial charge is 0.222 e. The summed E-state index contributed by atoms with van der Waals surface area (Å²) in [6.07, 6.45) is 7.21. The van der Waals surface area contributed by atoms with Gasteiger partial charge in [0, 0.05) is 37.4 Å². The molecule has 7 heteroatoms. The van der Waals surface area contributed by atoms with Crippen molar-refractivity contribution in [3.63, 3.8) is 0 Å². The van der Waals surface area contributed by atoms with Gasteiger partial charge in [-0.15, -0.1) is 0 Å². The topological polar surface area (TPSA) is 64.9 Å². The number of nitrogens with one attached hydrogen (secondary N) is 1. The van der Waals surface area contributed by atoms with Gasteiger partial charge in [-0.2, -0.15) is 5.10 Å². The van der Waals surface area contributed by atoms with Crippen molar-refractivity contribution in [2.75, 3.05) is 18.5 Å². The molecule has 2 atom stereocenters. The molecule has 0 aliphatic carbocycles. The van der Waals surface area contributed by atoms with Gasteiger partial charge < -0.3 is 10.1 Å². The summed E-state index contributed by atoms with van der Waals surface area (Å²) >= 11 is 0. The van der Waals surface area contributed by atoms with Crippen molar-refractivity contribution in [2.24, 2.45) is 5.92 Å². The molecular formula is C14H18FN5O. The Labute approximate surface area is 122 Å². The van der Waals surface area contributed by atoms with Gasteiger partial charge >= 0.3 is 0 Å². The molecule has 0 saturated carbocycles. The molecule has 112 valence electrons. The van der Waals surface area contributed by atoms with Gasteiger partial charge in [0.25, 0.3) is 0 Å². The van der Waals surface area contributed by atoms with Crippen LogP contribution in [0.5, 0.6) is 0 Å². The average molecular weight is 291 g/mol. The van der Waals surface area contributed by atoms with E-state index in [-0.39, 0.29) is 6.10 Å². The van der Waals surface area contributed by atoms with Crippen LogP contribution >= 0.6 is 0 Å². The van der Waals surface area contributed by atoms with Gasteiger partial charge in [-0.25, -0.2) is 14.4 Å². The van der Waals surface area contributed by atoms with E-state index < -0.39 is 5.82 Å². The van der Waals surface area contributed by atoms with Crippen LogP contribution in [0.15, 0.2) is 24.8 Å². The zero-order valence-corrected chi connectivity index (χ0v) is 11.9. The molecule has 0 aromatic carbocycles. The van der Waals surface area contributed by atoms with Gasteiger partial charge in [-0.3, -0.25) is 4.68 Å². The van der Waals surface area contributed by atoms with Crippen molar-refractivity contribution in [1.29, 1.82) is 0 Å². The lowest BCUT2D eigenvalue weighted by molar-refractivity contribution is 0.0932. The summed E-state index contributed by atoms with van der Waals surface area (Å²) in [5.74, 6) is 0.328. The molecular weight excluding hydrogens is 273 g/mol. The first kappa shape index (κ1) is 13.9. The Bertz CT molecular complexity index is 585. The van der Waals surface area contributed by atoms with Gasteiger partial charge in [0.1, 0.15) is 0 Å². The van der Waals surface area contributed by atoms with Crippen molar-refractivity contribution in [3.8, 4) is 0 Å². The van der Waals surface area contributed by atoms with Crippen LogP contribution < -0.4 is 5.32 Å². The zero-order valence-electron chi connectivity index (χ0n) is 11.9. The normalized spacial score (nSPS) is 21.6. The van der Waals surface area contributed by atoms with Gasteiger partial charge in [0.15, 0.2) is 5.82 Å². The van der Waals surface area contributed by atoms with Crippen molar-refractivity contribution in [3.05, 3.63) is 36.2 Å². The Kier molecular flexibility index (Phi) is 4.10. The Morgan fingerprint density at radius 3 is 2.90 bits per heavy atom. The van der Waals surface area contributed by atoms with E-state index in [1.165, 1.54) is 0 Å². The van der Waals surface area contributed by atoms with Crippen molar-refractivity contribution in [1.82, 2.24) is 19.7 Å². The van der Waals surface area contributed by atoms with Crippen molar-refractivity contribution < 1.29 is 9.13 Å². The number of hydrogen-bond acceptors (Lipinski definition) is 5. The molecule has 1 aliphatic heterocycles. The Morgan fingerprint density at radius 2 is 2.19 bits per heavy atom. The monoisotopic (exact) mass is 291 g/mol. The molecule has 21 heavy (non-hydrogen) atoms. The van der Waals surface area contributed by atoms with Gasteiger partial charge in [-0.1, -0.05) is 0 Å². The van der Waals surface area contributed by atoms with E-state index in [1.807, 2.05) is 17.1 Å². The van der Waals surface area contributed by atoms with E-state index in [2.05, 4.69) is 27.3 Å². The molecule has 3 heterocycles. The predicted molar refractivity (Wildman–Crippen MR) is 75.2 cm³/mol. The van der Waals surface area contributed by atoms with Crippen LogP contribution in [-0.4, -0.2) is 32.9 Å². The van der Waals surface area contributed by atoms with Crippen LogP contribution in [0.3, 0.4) is 0 Å². The highest BCUT2D eigenvalue weighted by Gasteiger charge is 2.30.